The normalized spacial score (nSPS) is 13.5. The van der Waals surface area contributed by atoms with E-state index in [1.165, 1.54) is 0 Å². The van der Waals surface area contributed by atoms with Crippen LogP contribution in [0, 0.1) is 6.92 Å². The Labute approximate surface area is 205 Å². The molecule has 0 unspecified atom stereocenters. The summed E-state index contributed by atoms with van der Waals surface area (Å²) >= 11 is 6.31. The molecule has 0 aliphatic heterocycles. The van der Waals surface area contributed by atoms with Crippen LogP contribution in [0.4, 0.5) is 23.1 Å². The molecule has 2 aromatic carbocycles. The molecule has 3 N–H and O–H groups in total. The lowest BCUT2D eigenvalue weighted by Crippen LogP contribution is -2.26. The lowest BCUT2D eigenvalue weighted by atomic mass is 10.2. The average molecular weight is 502 g/mol. The number of benzene rings is 2. The highest BCUT2D eigenvalue weighted by atomic mass is 35.5. The van der Waals surface area contributed by atoms with Gasteiger partial charge in [0.2, 0.25) is 16.0 Å². The third-order valence-corrected chi connectivity index (χ3v) is 7.77. The molecule has 0 bridgehead atoms. The maximum absolute atomic E-state index is 12.0. The van der Waals surface area contributed by atoms with E-state index >= 15 is 0 Å². The first-order valence-corrected chi connectivity index (χ1v) is 13.0. The Morgan fingerprint density at radius 1 is 1.12 bits per heavy atom. The summed E-state index contributed by atoms with van der Waals surface area (Å²) in [4.78, 5) is 9.08. The number of methoxy groups -OCH3 is 1. The standard InChI is InChI=1S/C24H28ClN5O3S/c1-4-17-14-26-24(29-19-11-15(2)22(33-3)21(25)12-19)30-23(17)28-18-7-5-16(6-8-18)13-27-34(31,32)20-9-10-20/h5-8,11-12,14,20,27H,4,9-10,13H2,1-3H3,(H2,26,28,29,30). The van der Waals surface area contributed by atoms with Gasteiger partial charge in [-0.2, -0.15) is 4.98 Å². The first-order valence-electron chi connectivity index (χ1n) is 11.1. The molecule has 3 aromatic rings. The first kappa shape index (κ1) is 24.3. The summed E-state index contributed by atoms with van der Waals surface area (Å²) in [5.41, 5.74) is 4.37. The molecule has 180 valence electrons. The Balaban J connectivity index is 1.47. The zero-order valence-electron chi connectivity index (χ0n) is 19.4. The number of nitrogens with zero attached hydrogens (tertiary/aromatic N) is 2. The van der Waals surface area contributed by atoms with Gasteiger partial charge >= 0.3 is 0 Å². The maximum Gasteiger partial charge on any atom is 0.229 e. The van der Waals surface area contributed by atoms with Crippen molar-refractivity contribution in [1.29, 1.82) is 0 Å². The first-order chi connectivity index (χ1) is 16.3. The van der Waals surface area contributed by atoms with Crippen LogP contribution in [0.5, 0.6) is 5.75 Å². The van der Waals surface area contributed by atoms with Crippen LogP contribution in [-0.4, -0.2) is 30.7 Å². The lowest BCUT2D eigenvalue weighted by molar-refractivity contribution is 0.412. The number of aromatic nitrogens is 2. The second kappa shape index (κ2) is 10.2. The molecule has 1 saturated carbocycles. The van der Waals surface area contributed by atoms with Crippen LogP contribution in [0.25, 0.3) is 0 Å². The number of aryl methyl sites for hydroxylation is 2. The van der Waals surface area contributed by atoms with Gasteiger partial charge in [0.05, 0.1) is 17.4 Å². The Morgan fingerprint density at radius 2 is 1.85 bits per heavy atom. The molecular formula is C24H28ClN5O3S. The van der Waals surface area contributed by atoms with Crippen molar-refractivity contribution in [3.05, 3.63) is 64.3 Å². The predicted octanol–water partition coefficient (Wildman–Crippen LogP) is 5.08. The van der Waals surface area contributed by atoms with Crippen LogP contribution in [0.3, 0.4) is 0 Å². The zero-order valence-corrected chi connectivity index (χ0v) is 20.9. The summed E-state index contributed by atoms with van der Waals surface area (Å²) in [5, 5.41) is 6.83. The molecule has 10 heteroatoms. The minimum atomic E-state index is -3.20. The summed E-state index contributed by atoms with van der Waals surface area (Å²) in [6.45, 7) is 4.24. The topological polar surface area (TPSA) is 105 Å². The maximum atomic E-state index is 12.0. The zero-order chi connectivity index (χ0) is 24.3. The van der Waals surface area contributed by atoms with Crippen LogP contribution in [0.2, 0.25) is 5.02 Å². The molecule has 34 heavy (non-hydrogen) atoms. The van der Waals surface area contributed by atoms with E-state index in [0.29, 0.717) is 22.5 Å². The van der Waals surface area contributed by atoms with Gasteiger partial charge in [-0.1, -0.05) is 30.7 Å². The number of hydrogen-bond acceptors (Lipinski definition) is 7. The van der Waals surface area contributed by atoms with Crippen molar-refractivity contribution < 1.29 is 13.2 Å². The van der Waals surface area contributed by atoms with Crippen LogP contribution >= 0.6 is 11.6 Å². The van der Waals surface area contributed by atoms with Crippen molar-refractivity contribution in [2.75, 3.05) is 17.7 Å². The number of halogens is 1. The van der Waals surface area contributed by atoms with E-state index in [9.17, 15) is 8.42 Å². The Bertz CT molecular complexity index is 1260. The monoisotopic (exact) mass is 501 g/mol. The SMILES string of the molecule is CCc1cnc(Nc2cc(C)c(OC)c(Cl)c2)nc1Nc1ccc(CNS(=O)(=O)C2CC2)cc1. The Hall–Kier alpha value is -2.88. The van der Waals surface area contributed by atoms with E-state index in [1.54, 1.807) is 19.4 Å². The molecule has 0 atom stereocenters. The van der Waals surface area contributed by atoms with E-state index in [-0.39, 0.29) is 11.8 Å². The molecule has 0 amide bonds. The summed E-state index contributed by atoms with van der Waals surface area (Å²) in [6.07, 6.45) is 4.05. The molecular weight excluding hydrogens is 474 g/mol. The Kier molecular flexibility index (Phi) is 7.25. The van der Waals surface area contributed by atoms with Crippen LogP contribution < -0.4 is 20.1 Å². The fraction of sp³-hybridized carbons (Fsp3) is 0.333. The van der Waals surface area contributed by atoms with Gasteiger partial charge in [0.25, 0.3) is 0 Å². The smallest absolute Gasteiger partial charge is 0.229 e. The highest BCUT2D eigenvalue weighted by Crippen LogP contribution is 2.33. The fourth-order valence-corrected chi connectivity index (χ4v) is 5.25. The summed E-state index contributed by atoms with van der Waals surface area (Å²) in [6, 6.07) is 11.3. The van der Waals surface area contributed by atoms with Crippen molar-refractivity contribution in [3.8, 4) is 5.75 Å². The second-order valence-corrected chi connectivity index (χ2v) is 10.7. The van der Waals surface area contributed by atoms with Gasteiger partial charge in [-0.05, 0) is 61.6 Å². The van der Waals surface area contributed by atoms with Gasteiger partial charge in [-0.3, -0.25) is 0 Å². The molecule has 8 nitrogen and oxygen atoms in total. The van der Waals surface area contributed by atoms with Gasteiger partial charge in [0.1, 0.15) is 11.6 Å². The molecule has 1 heterocycles. The molecule has 0 radical (unpaired) electrons. The van der Waals surface area contributed by atoms with Crippen LogP contribution in [0.1, 0.15) is 36.5 Å². The van der Waals surface area contributed by atoms with E-state index in [0.717, 1.165) is 47.3 Å². The van der Waals surface area contributed by atoms with Gasteiger partial charge in [-0.25, -0.2) is 18.1 Å². The fourth-order valence-electron chi connectivity index (χ4n) is 3.55. The van der Waals surface area contributed by atoms with Gasteiger partial charge in [0, 0.05) is 29.7 Å². The molecule has 1 fully saturated rings. The van der Waals surface area contributed by atoms with Gasteiger partial charge < -0.3 is 15.4 Å². The largest absolute Gasteiger partial charge is 0.495 e. The molecule has 1 aliphatic rings. The number of nitrogens with one attached hydrogen (secondary N) is 3. The quantitative estimate of drug-likeness (QED) is 0.356. The van der Waals surface area contributed by atoms with Crippen molar-refractivity contribution >= 4 is 44.8 Å². The number of sulfonamides is 1. The average Bonchev–Trinajstić information content (AvgIpc) is 3.65. The number of ether oxygens (including phenoxy) is 1. The molecule has 0 saturated heterocycles. The number of anilines is 4. The number of hydrogen-bond donors (Lipinski definition) is 3. The minimum Gasteiger partial charge on any atom is -0.495 e. The molecule has 1 aliphatic carbocycles. The highest BCUT2D eigenvalue weighted by Gasteiger charge is 2.35. The van der Waals surface area contributed by atoms with Crippen molar-refractivity contribution in [3.63, 3.8) is 0 Å². The second-order valence-electron chi connectivity index (χ2n) is 8.24. The van der Waals surface area contributed by atoms with E-state index < -0.39 is 10.0 Å². The molecule has 1 aromatic heterocycles. The minimum absolute atomic E-state index is 0.223. The van der Waals surface area contributed by atoms with Gasteiger partial charge in [-0.15, -0.1) is 0 Å². The molecule has 4 rings (SSSR count). The van der Waals surface area contributed by atoms with Crippen molar-refractivity contribution in [2.24, 2.45) is 0 Å². The van der Waals surface area contributed by atoms with E-state index in [4.69, 9.17) is 16.3 Å². The highest BCUT2D eigenvalue weighted by molar-refractivity contribution is 7.90. The summed E-state index contributed by atoms with van der Waals surface area (Å²) in [7, 11) is -1.61. The summed E-state index contributed by atoms with van der Waals surface area (Å²) in [5.74, 6) is 1.77. The van der Waals surface area contributed by atoms with Crippen molar-refractivity contribution in [2.45, 2.75) is 44.9 Å². The van der Waals surface area contributed by atoms with Gasteiger partial charge in [0.15, 0.2) is 0 Å². The Morgan fingerprint density at radius 3 is 2.47 bits per heavy atom. The summed E-state index contributed by atoms with van der Waals surface area (Å²) < 4.78 is 32.0. The van der Waals surface area contributed by atoms with Crippen LogP contribution in [-0.2, 0) is 23.0 Å². The van der Waals surface area contributed by atoms with E-state index in [2.05, 4.69) is 25.3 Å². The third kappa shape index (κ3) is 5.78. The lowest BCUT2D eigenvalue weighted by Gasteiger charge is -2.14. The third-order valence-electron chi connectivity index (χ3n) is 5.59. The number of rotatable bonds is 10. The molecule has 0 spiro atoms. The van der Waals surface area contributed by atoms with Crippen molar-refractivity contribution in [1.82, 2.24) is 14.7 Å². The van der Waals surface area contributed by atoms with Crippen LogP contribution in [0.15, 0.2) is 42.6 Å². The predicted molar refractivity (Wildman–Crippen MR) is 136 cm³/mol. The van der Waals surface area contributed by atoms with E-state index in [1.807, 2.05) is 44.2 Å².